The molecule has 0 unspecified atom stereocenters. The third-order valence-corrected chi connectivity index (χ3v) is 8.75. The van der Waals surface area contributed by atoms with E-state index < -0.39 is 65.4 Å². The van der Waals surface area contributed by atoms with Gasteiger partial charge in [-0.3, -0.25) is 19.3 Å². The van der Waals surface area contributed by atoms with Gasteiger partial charge in [0, 0.05) is 11.8 Å². The number of ketones is 1. The third kappa shape index (κ3) is 7.20. The molecule has 48 heavy (non-hydrogen) atoms. The minimum Gasteiger partial charge on any atom is -0.509 e. The lowest BCUT2D eigenvalue weighted by Gasteiger charge is -2.46. The van der Waals surface area contributed by atoms with Gasteiger partial charge >= 0.3 is 17.7 Å². The molecule has 3 aliphatic rings. The van der Waals surface area contributed by atoms with Crippen LogP contribution in [-0.4, -0.2) is 84.5 Å². The highest BCUT2D eigenvalue weighted by molar-refractivity contribution is 6.62. The Morgan fingerprint density at radius 3 is 1.90 bits per heavy atom. The van der Waals surface area contributed by atoms with Crippen molar-refractivity contribution in [2.24, 2.45) is 23.7 Å². The van der Waals surface area contributed by atoms with E-state index in [0.29, 0.717) is 5.56 Å². The van der Waals surface area contributed by atoms with Crippen molar-refractivity contribution in [1.82, 2.24) is 10.2 Å². The molecule has 3 aliphatic heterocycles. The second kappa shape index (κ2) is 15.2. The summed E-state index contributed by atoms with van der Waals surface area (Å²) in [6, 6.07) is 17.0. The number of carbonyl (C=O) groups is 5. The highest BCUT2D eigenvalue weighted by Gasteiger charge is 2.60. The summed E-state index contributed by atoms with van der Waals surface area (Å²) in [5.41, 5.74) is 9.74. The summed E-state index contributed by atoms with van der Waals surface area (Å²) < 4.78 is 10.2. The van der Waals surface area contributed by atoms with Crippen LogP contribution in [0.25, 0.3) is 5.53 Å². The van der Waals surface area contributed by atoms with Crippen LogP contribution in [0, 0.1) is 23.7 Å². The summed E-state index contributed by atoms with van der Waals surface area (Å²) in [5.74, 6) is -6.01. The number of hydrogen-bond donors (Lipinski definition) is 4. The molecule has 2 amide bonds. The van der Waals surface area contributed by atoms with Gasteiger partial charge in [-0.15, -0.1) is 0 Å². The summed E-state index contributed by atoms with van der Waals surface area (Å²) in [6.45, 7) is 6.19. The van der Waals surface area contributed by atoms with Crippen molar-refractivity contribution >= 4 is 35.2 Å². The third-order valence-electron chi connectivity index (χ3n) is 8.75. The van der Waals surface area contributed by atoms with Gasteiger partial charge in [-0.1, -0.05) is 74.5 Å². The van der Waals surface area contributed by atoms with Crippen LogP contribution in [0.2, 0.25) is 0 Å². The number of esters is 2. The lowest BCUT2D eigenvalue weighted by molar-refractivity contribution is -0.164. The Morgan fingerprint density at radius 2 is 1.42 bits per heavy atom. The van der Waals surface area contributed by atoms with Gasteiger partial charge in [0.05, 0.1) is 36.1 Å². The fourth-order valence-corrected chi connectivity index (χ4v) is 6.05. The zero-order chi connectivity index (χ0) is 35.3. The number of amides is 2. The van der Waals surface area contributed by atoms with Crippen LogP contribution < -0.4 is 5.32 Å². The Morgan fingerprint density at radius 1 is 0.896 bits per heavy atom. The summed E-state index contributed by atoms with van der Waals surface area (Å²) in [7, 11) is 0. The van der Waals surface area contributed by atoms with Crippen molar-refractivity contribution < 1.29 is 53.6 Å². The highest BCUT2D eigenvalue weighted by Crippen LogP contribution is 2.46. The predicted octanol–water partition coefficient (Wildman–Crippen LogP) is 1.46. The Bertz CT molecular complexity index is 1640. The van der Waals surface area contributed by atoms with Gasteiger partial charge in [0.2, 0.25) is 11.8 Å². The first kappa shape index (κ1) is 35.7. The lowest BCUT2D eigenvalue weighted by atomic mass is 9.76. The van der Waals surface area contributed by atoms with E-state index in [9.17, 15) is 39.3 Å². The number of aliphatic hydroxyl groups is 3. The number of nitrogens with zero attached hydrogens (tertiary/aromatic N) is 3. The predicted molar refractivity (Wildman–Crippen MR) is 167 cm³/mol. The number of hydrogen-bond acceptors (Lipinski definition) is 10. The fourth-order valence-electron chi connectivity index (χ4n) is 6.05. The Kier molecular flexibility index (Phi) is 11.3. The maximum atomic E-state index is 12.4. The van der Waals surface area contributed by atoms with E-state index >= 15 is 0 Å². The summed E-state index contributed by atoms with van der Waals surface area (Å²) >= 11 is 0. The van der Waals surface area contributed by atoms with Crippen LogP contribution >= 0.6 is 0 Å². The first-order chi connectivity index (χ1) is 22.8. The molecule has 5 rings (SSSR count). The van der Waals surface area contributed by atoms with Crippen molar-refractivity contribution in [1.29, 1.82) is 0 Å². The smallest absolute Gasteiger partial charge is 0.441 e. The highest BCUT2D eigenvalue weighted by atomic mass is 16.5. The van der Waals surface area contributed by atoms with Gasteiger partial charge in [0.25, 0.3) is 5.78 Å². The number of fused-ring (bicyclic) bond motifs is 1. The van der Waals surface area contributed by atoms with Crippen molar-refractivity contribution in [3.05, 3.63) is 88.8 Å². The van der Waals surface area contributed by atoms with Gasteiger partial charge in [-0.25, -0.2) is 9.59 Å². The Hall–Kier alpha value is -5.17. The second-order valence-corrected chi connectivity index (χ2v) is 12.0. The fraction of sp³-hybridized carbons (Fsp3) is 0.412. The zero-order valence-electron chi connectivity index (χ0n) is 26.8. The topological polar surface area (TPSA) is 216 Å². The molecule has 2 aromatic rings. The van der Waals surface area contributed by atoms with Gasteiger partial charge in [0.1, 0.15) is 19.0 Å². The molecule has 2 fully saturated rings. The number of nitrogens with one attached hydrogen (secondary N) is 1. The van der Waals surface area contributed by atoms with Crippen LogP contribution in [0.5, 0.6) is 0 Å². The molecule has 0 bridgehead atoms. The van der Waals surface area contributed by atoms with E-state index in [2.05, 4.69) is 10.1 Å². The molecule has 254 valence electrons. The molecule has 14 nitrogen and oxygen atoms in total. The quantitative estimate of drug-likeness (QED) is 0.0678. The van der Waals surface area contributed by atoms with Crippen molar-refractivity contribution in [3.8, 4) is 0 Å². The maximum absolute atomic E-state index is 12.4. The molecule has 4 N–H and O–H groups in total. The molecule has 0 saturated carbocycles. The van der Waals surface area contributed by atoms with Crippen molar-refractivity contribution in [2.45, 2.75) is 65.2 Å². The van der Waals surface area contributed by atoms with Crippen LogP contribution in [0.15, 0.2) is 72.1 Å². The van der Waals surface area contributed by atoms with Gasteiger partial charge in [-0.2, -0.15) is 4.79 Å². The minimum atomic E-state index is -1.05. The molecule has 2 saturated heterocycles. The molecular weight excluding hydrogens is 624 g/mol. The molecule has 0 radical (unpaired) electrons. The second-order valence-electron chi connectivity index (χ2n) is 12.0. The van der Waals surface area contributed by atoms with Crippen LogP contribution in [0.3, 0.4) is 0 Å². The van der Waals surface area contributed by atoms with E-state index in [1.807, 2.05) is 36.4 Å². The number of ether oxygens (including phenoxy) is 2. The molecule has 8 atom stereocenters. The molecule has 0 spiro atoms. The standard InChI is InChI=1S/C17H19N3O5.C17H19NO5/c1-9(13-12(10(2)21)16(23)19-13)15(22)14(20-18)17(24)25-8-11-6-4-3-5-7-11;1-9-13-12(10(2)19)16(21)18(13)14(15(9)20)17(22)23-8-11-6-4-3-5-7-11/h3-7,9-10,12-13,21H,8H2,1-2H3,(H,19,23);3-7,9-10,12-13,19-20H,8H2,1-2H3/t2*9-,10-,12-,13-/m11/s1. The normalized spacial score (nSPS) is 24.2. The van der Waals surface area contributed by atoms with E-state index in [0.717, 1.165) is 5.56 Å². The van der Waals surface area contributed by atoms with Crippen LogP contribution in [-0.2, 0) is 46.7 Å². The molecule has 2 aromatic carbocycles. The van der Waals surface area contributed by atoms with Crippen molar-refractivity contribution in [3.63, 3.8) is 0 Å². The monoisotopic (exact) mass is 662 g/mol. The Balaban J connectivity index is 0.000000217. The average Bonchev–Trinajstić information content (AvgIpc) is 3.28. The number of β-lactam (4-membered cyclic amide) rings is 2. The van der Waals surface area contributed by atoms with Crippen molar-refractivity contribution in [2.75, 3.05) is 0 Å². The first-order valence-corrected chi connectivity index (χ1v) is 15.4. The van der Waals surface area contributed by atoms with Crippen LogP contribution in [0.4, 0.5) is 0 Å². The number of aliphatic hydroxyl groups excluding tert-OH is 3. The van der Waals surface area contributed by atoms with E-state index in [4.69, 9.17) is 15.0 Å². The summed E-state index contributed by atoms with van der Waals surface area (Å²) in [5, 5.41) is 32.1. The summed E-state index contributed by atoms with van der Waals surface area (Å²) in [4.78, 5) is 64.4. The van der Waals surface area contributed by atoms with E-state index in [1.54, 1.807) is 31.2 Å². The SMILES string of the molecule is C[C@@H](O)[C@H]1C(=O)N2C(C(=O)OCc3ccccc3)=C(O)[C@H](C)[C@H]12.C[C@@H](O)[C@H]1C(=O)N[C@@H]1[C@@H](C)C(=O)C(=[N+]=[N-])C(=O)OCc1ccccc1. The van der Waals surface area contributed by atoms with Gasteiger partial charge < -0.3 is 35.6 Å². The summed E-state index contributed by atoms with van der Waals surface area (Å²) in [6.07, 6.45) is -1.76. The van der Waals surface area contributed by atoms with Gasteiger partial charge in [-0.05, 0) is 25.0 Å². The number of rotatable bonds is 11. The number of Topliss-reactive ketones (excluding diaryl/α,β-unsaturated/α-hetero) is 1. The van der Waals surface area contributed by atoms with Gasteiger partial charge in [0.15, 0.2) is 5.70 Å². The minimum absolute atomic E-state index is 0.0668. The molecule has 0 aromatic heterocycles. The molecule has 0 aliphatic carbocycles. The first-order valence-electron chi connectivity index (χ1n) is 15.4. The largest absolute Gasteiger partial charge is 0.509 e. The number of benzene rings is 2. The zero-order valence-corrected chi connectivity index (χ0v) is 26.8. The molecular formula is C34H38N4O10. The van der Waals surface area contributed by atoms with E-state index in [-0.39, 0.29) is 42.5 Å². The molecule has 14 heteroatoms. The lowest BCUT2D eigenvalue weighted by Crippen LogP contribution is -2.66. The van der Waals surface area contributed by atoms with E-state index in [1.165, 1.54) is 25.7 Å². The molecule has 3 heterocycles. The van der Waals surface area contributed by atoms with Crippen LogP contribution in [0.1, 0.15) is 38.8 Å². The number of carbonyl (C=O) groups excluding carboxylic acids is 5. The maximum Gasteiger partial charge on any atom is 0.441 e. The Labute approximate surface area is 276 Å². The average molecular weight is 663 g/mol.